The van der Waals surface area contributed by atoms with E-state index in [-0.39, 0.29) is 17.0 Å². The summed E-state index contributed by atoms with van der Waals surface area (Å²) in [5.41, 5.74) is -0.309. The maximum absolute atomic E-state index is 11.8. The first-order valence-corrected chi connectivity index (χ1v) is 5.67. The first kappa shape index (κ1) is 13.6. The summed E-state index contributed by atoms with van der Waals surface area (Å²) in [6, 6.07) is 0. The quantitative estimate of drug-likeness (QED) is 0.547. The lowest BCUT2D eigenvalue weighted by Crippen LogP contribution is -2.41. The first-order valence-electron chi connectivity index (χ1n) is 5.67. The molecule has 1 rings (SSSR count). The molecule has 0 aromatic carbocycles. The average molecular weight is 237 g/mol. The van der Waals surface area contributed by atoms with Gasteiger partial charge in [0.2, 0.25) is 0 Å². The highest BCUT2D eigenvalue weighted by Gasteiger charge is 2.42. The Morgan fingerprint density at radius 3 is 2.12 bits per heavy atom. The molecule has 1 saturated carbocycles. The second-order valence-corrected chi connectivity index (χ2v) is 5.57. The second-order valence-electron chi connectivity index (χ2n) is 5.57. The largest absolute Gasteiger partial charge is 0.383 e. The van der Waals surface area contributed by atoms with E-state index >= 15 is 0 Å². The minimum atomic E-state index is -1.07. The number of nitrogens with zero attached hydrogens (tertiary/aromatic N) is 1. The fourth-order valence-corrected chi connectivity index (χ4v) is 2.03. The van der Waals surface area contributed by atoms with Crippen molar-refractivity contribution in [3.8, 4) is 0 Å². The standard InChI is InChI=1S/C13H19NO3/c1-13(2)7-10(16)12(11(17)8-13)9(15)5-6-14(3)4/h5-6,12H,7-8H2,1-4H3/b6-5+. The summed E-state index contributed by atoms with van der Waals surface area (Å²) in [7, 11) is 3.55. The summed E-state index contributed by atoms with van der Waals surface area (Å²) in [6.07, 6.45) is 3.46. The average Bonchev–Trinajstić information content (AvgIpc) is 2.11. The molecule has 4 heteroatoms. The van der Waals surface area contributed by atoms with Crippen molar-refractivity contribution in [2.45, 2.75) is 26.7 Å². The van der Waals surface area contributed by atoms with Gasteiger partial charge in [0, 0.05) is 33.1 Å². The third-order valence-electron chi connectivity index (χ3n) is 2.77. The molecular formula is C13H19NO3. The van der Waals surface area contributed by atoms with Crippen LogP contribution in [0.3, 0.4) is 0 Å². The zero-order valence-electron chi connectivity index (χ0n) is 10.8. The van der Waals surface area contributed by atoms with Gasteiger partial charge in [-0.3, -0.25) is 14.4 Å². The molecule has 0 unspecified atom stereocenters. The Hall–Kier alpha value is -1.45. The lowest BCUT2D eigenvalue weighted by molar-refractivity contribution is -0.143. The van der Waals surface area contributed by atoms with Gasteiger partial charge >= 0.3 is 0 Å². The van der Waals surface area contributed by atoms with Crippen molar-refractivity contribution in [1.29, 1.82) is 0 Å². The van der Waals surface area contributed by atoms with E-state index in [2.05, 4.69) is 0 Å². The van der Waals surface area contributed by atoms with Gasteiger partial charge in [0.25, 0.3) is 0 Å². The smallest absolute Gasteiger partial charge is 0.175 e. The Bertz CT molecular complexity index is 360. The van der Waals surface area contributed by atoms with Gasteiger partial charge in [-0.25, -0.2) is 0 Å². The zero-order chi connectivity index (χ0) is 13.2. The molecule has 0 N–H and O–H groups in total. The van der Waals surface area contributed by atoms with E-state index in [9.17, 15) is 14.4 Å². The Morgan fingerprint density at radius 1 is 1.24 bits per heavy atom. The van der Waals surface area contributed by atoms with E-state index in [4.69, 9.17) is 0 Å². The van der Waals surface area contributed by atoms with Crippen molar-refractivity contribution < 1.29 is 14.4 Å². The summed E-state index contributed by atoms with van der Waals surface area (Å²) in [6.45, 7) is 3.75. The third kappa shape index (κ3) is 3.51. The van der Waals surface area contributed by atoms with E-state index in [0.29, 0.717) is 12.8 Å². The second kappa shape index (κ2) is 4.82. The van der Waals surface area contributed by atoms with Crippen LogP contribution in [-0.2, 0) is 14.4 Å². The van der Waals surface area contributed by atoms with Gasteiger partial charge in [-0.1, -0.05) is 13.8 Å². The molecule has 0 aromatic heterocycles. The van der Waals surface area contributed by atoms with Crippen LogP contribution in [0.2, 0.25) is 0 Å². The van der Waals surface area contributed by atoms with Crippen molar-refractivity contribution in [3.05, 3.63) is 12.3 Å². The fourth-order valence-electron chi connectivity index (χ4n) is 2.03. The molecule has 1 fully saturated rings. The normalized spacial score (nSPS) is 20.9. The monoisotopic (exact) mass is 237 g/mol. The van der Waals surface area contributed by atoms with Crippen LogP contribution in [0.25, 0.3) is 0 Å². The van der Waals surface area contributed by atoms with Crippen molar-refractivity contribution in [3.63, 3.8) is 0 Å². The van der Waals surface area contributed by atoms with Gasteiger partial charge in [-0.15, -0.1) is 0 Å². The molecule has 0 spiro atoms. The van der Waals surface area contributed by atoms with Gasteiger partial charge in [-0.2, -0.15) is 0 Å². The summed E-state index contributed by atoms with van der Waals surface area (Å²) in [4.78, 5) is 37.1. The van der Waals surface area contributed by atoms with E-state index in [1.54, 1.807) is 25.2 Å². The fraction of sp³-hybridized carbons (Fsp3) is 0.615. The van der Waals surface area contributed by atoms with Crippen LogP contribution >= 0.6 is 0 Å². The number of carbonyl (C=O) groups is 3. The molecule has 0 aliphatic heterocycles. The molecule has 0 heterocycles. The minimum Gasteiger partial charge on any atom is -0.383 e. The van der Waals surface area contributed by atoms with Gasteiger partial charge in [-0.05, 0) is 11.5 Å². The maximum atomic E-state index is 11.8. The van der Waals surface area contributed by atoms with Crippen LogP contribution in [0.15, 0.2) is 12.3 Å². The topological polar surface area (TPSA) is 54.5 Å². The Kier molecular flexibility index (Phi) is 3.86. The highest BCUT2D eigenvalue weighted by molar-refractivity contribution is 6.23. The SMILES string of the molecule is CN(C)/C=C/C(=O)C1C(=O)CC(C)(C)CC1=O. The summed E-state index contributed by atoms with van der Waals surface area (Å²) >= 11 is 0. The summed E-state index contributed by atoms with van der Waals surface area (Å²) < 4.78 is 0. The van der Waals surface area contributed by atoms with Crippen molar-refractivity contribution in [1.82, 2.24) is 4.90 Å². The molecule has 0 radical (unpaired) electrons. The predicted molar refractivity (Wildman–Crippen MR) is 64.4 cm³/mol. The van der Waals surface area contributed by atoms with Gasteiger partial charge in [0.15, 0.2) is 17.3 Å². The van der Waals surface area contributed by atoms with Crippen molar-refractivity contribution in [2.75, 3.05) is 14.1 Å². The predicted octanol–water partition coefficient (Wildman–Crippen LogP) is 1.21. The molecule has 4 nitrogen and oxygen atoms in total. The van der Waals surface area contributed by atoms with Gasteiger partial charge < -0.3 is 4.90 Å². The maximum Gasteiger partial charge on any atom is 0.175 e. The molecule has 1 aliphatic rings. The molecular weight excluding hydrogens is 218 g/mol. The van der Waals surface area contributed by atoms with Crippen LogP contribution in [0.1, 0.15) is 26.7 Å². The van der Waals surface area contributed by atoms with E-state index in [1.807, 2.05) is 13.8 Å². The third-order valence-corrected chi connectivity index (χ3v) is 2.77. The van der Waals surface area contributed by atoms with Crippen molar-refractivity contribution in [2.24, 2.45) is 11.3 Å². The van der Waals surface area contributed by atoms with Crippen LogP contribution in [-0.4, -0.2) is 36.3 Å². The summed E-state index contributed by atoms with van der Waals surface area (Å²) in [5, 5.41) is 0. The Balaban J connectivity index is 2.82. The molecule has 0 amide bonds. The molecule has 0 saturated heterocycles. The Labute approximate surface area is 102 Å². The highest BCUT2D eigenvalue weighted by Crippen LogP contribution is 2.34. The number of Topliss-reactive ketones (excluding diaryl/α,β-unsaturated/α-hetero) is 2. The Morgan fingerprint density at radius 2 is 1.71 bits per heavy atom. The van der Waals surface area contributed by atoms with Crippen molar-refractivity contribution >= 4 is 17.3 Å². The minimum absolute atomic E-state index is 0.250. The van der Waals surface area contributed by atoms with Crippen LogP contribution in [0.5, 0.6) is 0 Å². The molecule has 0 atom stereocenters. The summed E-state index contributed by atoms with van der Waals surface area (Å²) in [5.74, 6) is -1.97. The molecule has 94 valence electrons. The lowest BCUT2D eigenvalue weighted by atomic mass is 9.70. The lowest BCUT2D eigenvalue weighted by Gasteiger charge is -2.30. The van der Waals surface area contributed by atoms with E-state index in [0.717, 1.165) is 0 Å². The number of carbonyl (C=O) groups excluding carboxylic acids is 3. The van der Waals surface area contributed by atoms with Crippen LogP contribution in [0, 0.1) is 11.3 Å². The van der Waals surface area contributed by atoms with Gasteiger partial charge in [0.05, 0.1) is 0 Å². The van der Waals surface area contributed by atoms with Crippen LogP contribution < -0.4 is 0 Å². The number of rotatable bonds is 3. The number of hydrogen-bond acceptors (Lipinski definition) is 4. The molecule has 1 aliphatic carbocycles. The van der Waals surface area contributed by atoms with Crippen LogP contribution in [0.4, 0.5) is 0 Å². The zero-order valence-corrected chi connectivity index (χ0v) is 10.8. The number of hydrogen-bond donors (Lipinski definition) is 0. The molecule has 0 aromatic rings. The molecule has 17 heavy (non-hydrogen) atoms. The molecule has 0 bridgehead atoms. The number of allylic oxidation sites excluding steroid dienone is 1. The number of ketones is 3. The van der Waals surface area contributed by atoms with E-state index in [1.165, 1.54) is 6.08 Å². The highest BCUT2D eigenvalue weighted by atomic mass is 16.2. The van der Waals surface area contributed by atoms with Gasteiger partial charge in [0.1, 0.15) is 5.92 Å². The first-order chi connectivity index (χ1) is 7.73. The van der Waals surface area contributed by atoms with E-state index < -0.39 is 11.7 Å².